The van der Waals surface area contributed by atoms with E-state index in [9.17, 15) is 14.7 Å². The molecule has 0 saturated heterocycles. The Morgan fingerprint density at radius 2 is 1.77 bits per heavy atom. The SMILES string of the molecule is Cc1ccccc1CN1C(=O)[C@@](O)(CC(=O)/C=C/c2ccccc2)c2cc(Cl)ccc21. The molecule has 4 rings (SSSR count). The minimum Gasteiger partial charge on any atom is -0.375 e. The molecule has 0 radical (unpaired) electrons. The van der Waals surface area contributed by atoms with Crippen LogP contribution in [0.1, 0.15) is 28.7 Å². The van der Waals surface area contributed by atoms with Crippen molar-refractivity contribution in [1.29, 1.82) is 0 Å². The summed E-state index contributed by atoms with van der Waals surface area (Å²) in [4.78, 5) is 27.6. The van der Waals surface area contributed by atoms with Crippen LogP contribution in [-0.4, -0.2) is 16.8 Å². The number of allylic oxidation sites excluding steroid dienone is 1. The molecule has 0 saturated carbocycles. The number of rotatable bonds is 6. The topological polar surface area (TPSA) is 57.6 Å². The van der Waals surface area contributed by atoms with Crippen LogP contribution in [0.3, 0.4) is 0 Å². The van der Waals surface area contributed by atoms with E-state index in [2.05, 4.69) is 0 Å². The molecular weight excluding hydrogens is 410 g/mol. The van der Waals surface area contributed by atoms with Crippen LogP contribution in [0.5, 0.6) is 0 Å². The summed E-state index contributed by atoms with van der Waals surface area (Å²) >= 11 is 6.17. The second-order valence-electron chi connectivity index (χ2n) is 7.73. The first-order valence-corrected chi connectivity index (χ1v) is 10.4. The third kappa shape index (κ3) is 4.18. The van der Waals surface area contributed by atoms with Gasteiger partial charge in [-0.05, 0) is 47.9 Å². The Hall–Kier alpha value is -3.21. The van der Waals surface area contributed by atoms with Crippen molar-refractivity contribution < 1.29 is 14.7 Å². The standard InChI is InChI=1S/C26H22ClNO3/c1-18-7-5-6-10-20(18)17-28-24-14-12-21(27)15-23(24)26(31,25(28)30)16-22(29)13-11-19-8-3-2-4-9-19/h2-15,31H,16-17H2,1H3/b13-11+/t26-/m1/s1. The lowest BCUT2D eigenvalue weighted by atomic mass is 9.89. The predicted octanol–water partition coefficient (Wildman–Crippen LogP) is 5.06. The van der Waals surface area contributed by atoms with E-state index < -0.39 is 11.5 Å². The molecule has 1 atom stereocenters. The second-order valence-corrected chi connectivity index (χ2v) is 8.16. The predicted molar refractivity (Wildman–Crippen MR) is 123 cm³/mol. The van der Waals surface area contributed by atoms with Gasteiger partial charge in [-0.15, -0.1) is 0 Å². The van der Waals surface area contributed by atoms with Gasteiger partial charge in [0.15, 0.2) is 11.4 Å². The number of anilines is 1. The number of aliphatic hydroxyl groups is 1. The molecule has 3 aromatic carbocycles. The molecule has 1 aliphatic rings. The number of carbonyl (C=O) groups is 2. The average molecular weight is 432 g/mol. The number of benzene rings is 3. The van der Waals surface area contributed by atoms with Gasteiger partial charge in [-0.3, -0.25) is 9.59 Å². The van der Waals surface area contributed by atoms with Gasteiger partial charge in [0.1, 0.15) is 0 Å². The fourth-order valence-corrected chi connectivity index (χ4v) is 4.04. The summed E-state index contributed by atoms with van der Waals surface area (Å²) in [6.45, 7) is 2.28. The summed E-state index contributed by atoms with van der Waals surface area (Å²) in [5.41, 5.74) is 1.85. The average Bonchev–Trinajstić information content (AvgIpc) is 2.96. The zero-order valence-corrected chi connectivity index (χ0v) is 17.8. The maximum absolute atomic E-state index is 13.4. The van der Waals surface area contributed by atoms with Crippen molar-refractivity contribution >= 4 is 35.1 Å². The molecule has 1 aliphatic heterocycles. The van der Waals surface area contributed by atoms with Crippen LogP contribution in [-0.2, 0) is 21.7 Å². The van der Waals surface area contributed by atoms with Crippen LogP contribution in [0.4, 0.5) is 5.69 Å². The number of hydrogen-bond acceptors (Lipinski definition) is 3. The van der Waals surface area contributed by atoms with E-state index in [0.29, 0.717) is 22.8 Å². The lowest BCUT2D eigenvalue weighted by Crippen LogP contribution is -2.41. The summed E-state index contributed by atoms with van der Waals surface area (Å²) in [5.74, 6) is -0.863. The summed E-state index contributed by atoms with van der Waals surface area (Å²) in [6.07, 6.45) is 2.72. The Kier molecular flexibility index (Phi) is 5.77. The number of fused-ring (bicyclic) bond motifs is 1. The lowest BCUT2D eigenvalue weighted by Gasteiger charge is -2.23. The quantitative estimate of drug-likeness (QED) is 0.555. The molecule has 156 valence electrons. The third-order valence-corrected chi connectivity index (χ3v) is 5.81. The Morgan fingerprint density at radius 3 is 2.52 bits per heavy atom. The molecule has 1 heterocycles. The summed E-state index contributed by atoms with van der Waals surface area (Å²) in [7, 11) is 0. The minimum atomic E-state index is -1.96. The van der Waals surface area contributed by atoms with Crippen molar-refractivity contribution in [3.8, 4) is 0 Å². The van der Waals surface area contributed by atoms with Gasteiger partial charge in [-0.25, -0.2) is 0 Å². The third-order valence-electron chi connectivity index (χ3n) is 5.57. The number of hydrogen-bond donors (Lipinski definition) is 1. The number of nitrogens with zero attached hydrogens (tertiary/aromatic N) is 1. The molecule has 0 aromatic heterocycles. The van der Waals surface area contributed by atoms with E-state index in [1.54, 1.807) is 24.3 Å². The maximum atomic E-state index is 13.4. The Bertz CT molecular complexity index is 1170. The van der Waals surface area contributed by atoms with Crippen molar-refractivity contribution in [2.45, 2.75) is 25.5 Å². The second kappa shape index (κ2) is 8.50. The summed E-state index contributed by atoms with van der Waals surface area (Å²) in [6, 6.07) is 22.1. The van der Waals surface area contributed by atoms with Crippen molar-refractivity contribution in [3.05, 3.63) is 106 Å². The van der Waals surface area contributed by atoms with Crippen molar-refractivity contribution in [1.82, 2.24) is 0 Å². The Labute approximate surface area is 186 Å². The molecular formula is C26H22ClNO3. The fourth-order valence-electron chi connectivity index (χ4n) is 3.87. The molecule has 1 amide bonds. The van der Waals surface area contributed by atoms with Gasteiger partial charge >= 0.3 is 0 Å². The summed E-state index contributed by atoms with van der Waals surface area (Å²) < 4.78 is 0. The number of halogens is 1. The van der Waals surface area contributed by atoms with E-state index in [0.717, 1.165) is 16.7 Å². The van der Waals surface area contributed by atoms with Gasteiger partial charge in [-0.2, -0.15) is 0 Å². The first-order valence-electron chi connectivity index (χ1n) is 10.0. The van der Waals surface area contributed by atoms with Gasteiger partial charge < -0.3 is 10.0 Å². The molecule has 31 heavy (non-hydrogen) atoms. The van der Waals surface area contributed by atoms with Gasteiger partial charge in [0, 0.05) is 10.6 Å². The van der Waals surface area contributed by atoms with E-state index >= 15 is 0 Å². The highest BCUT2D eigenvalue weighted by Gasteiger charge is 2.50. The number of aryl methyl sites for hydroxylation is 1. The molecule has 0 aliphatic carbocycles. The van der Waals surface area contributed by atoms with Crippen LogP contribution in [0.15, 0.2) is 78.9 Å². The highest BCUT2D eigenvalue weighted by Crippen LogP contribution is 2.44. The van der Waals surface area contributed by atoms with Crippen LogP contribution in [0.25, 0.3) is 6.08 Å². The number of amides is 1. The maximum Gasteiger partial charge on any atom is 0.264 e. The fraction of sp³-hybridized carbons (Fsp3) is 0.154. The van der Waals surface area contributed by atoms with E-state index in [-0.39, 0.29) is 12.2 Å². The Balaban J connectivity index is 1.65. The molecule has 4 nitrogen and oxygen atoms in total. The van der Waals surface area contributed by atoms with Gasteiger partial charge in [0.05, 0.1) is 18.7 Å². The summed E-state index contributed by atoms with van der Waals surface area (Å²) in [5, 5.41) is 11.8. The minimum absolute atomic E-state index is 0.302. The van der Waals surface area contributed by atoms with Gasteiger partial charge in [0.25, 0.3) is 5.91 Å². The van der Waals surface area contributed by atoms with Crippen molar-refractivity contribution in [2.75, 3.05) is 4.90 Å². The first kappa shape index (κ1) is 21.0. The van der Waals surface area contributed by atoms with Crippen LogP contribution in [0.2, 0.25) is 5.02 Å². The van der Waals surface area contributed by atoms with Crippen LogP contribution < -0.4 is 4.90 Å². The van der Waals surface area contributed by atoms with Crippen LogP contribution >= 0.6 is 11.6 Å². The van der Waals surface area contributed by atoms with E-state index in [1.165, 1.54) is 11.0 Å². The van der Waals surface area contributed by atoms with Gasteiger partial charge in [-0.1, -0.05) is 72.3 Å². The molecule has 0 spiro atoms. The lowest BCUT2D eigenvalue weighted by molar-refractivity contribution is -0.140. The smallest absolute Gasteiger partial charge is 0.264 e. The van der Waals surface area contributed by atoms with Crippen LogP contribution in [0, 0.1) is 6.92 Å². The number of ketones is 1. The molecule has 0 unspecified atom stereocenters. The van der Waals surface area contributed by atoms with Crippen molar-refractivity contribution in [3.63, 3.8) is 0 Å². The molecule has 0 bridgehead atoms. The monoisotopic (exact) mass is 431 g/mol. The van der Waals surface area contributed by atoms with E-state index in [1.807, 2.05) is 61.5 Å². The molecule has 0 fully saturated rings. The largest absolute Gasteiger partial charge is 0.375 e. The Morgan fingerprint density at radius 1 is 1.06 bits per heavy atom. The molecule has 3 aromatic rings. The highest BCUT2D eigenvalue weighted by molar-refractivity contribution is 6.31. The van der Waals surface area contributed by atoms with Crippen molar-refractivity contribution in [2.24, 2.45) is 0 Å². The normalized spacial score (nSPS) is 17.9. The van der Waals surface area contributed by atoms with Gasteiger partial charge in [0.2, 0.25) is 0 Å². The first-order chi connectivity index (χ1) is 14.9. The zero-order chi connectivity index (χ0) is 22.0. The highest BCUT2D eigenvalue weighted by atomic mass is 35.5. The van der Waals surface area contributed by atoms with E-state index in [4.69, 9.17) is 11.6 Å². The number of carbonyl (C=O) groups excluding carboxylic acids is 2. The zero-order valence-electron chi connectivity index (χ0n) is 17.1. The molecule has 1 N–H and O–H groups in total. The molecule has 5 heteroatoms.